The van der Waals surface area contributed by atoms with Crippen molar-refractivity contribution in [1.29, 1.82) is 0 Å². The maximum atomic E-state index is 11.5. The molecule has 0 saturated carbocycles. The van der Waals surface area contributed by atoms with Crippen LogP contribution in [0.5, 0.6) is 0 Å². The molecular formula is C10H13NO4. The van der Waals surface area contributed by atoms with E-state index < -0.39 is 11.5 Å². The Morgan fingerprint density at radius 1 is 1.27 bits per heavy atom. The second kappa shape index (κ2) is 3.32. The Balaban J connectivity index is 2.15. The molecule has 0 atom stereocenters. The molecule has 82 valence electrons. The number of hydrogen-bond acceptors (Lipinski definition) is 3. The summed E-state index contributed by atoms with van der Waals surface area (Å²) in [4.78, 5) is 34.8. The number of carboxylic acid groups (broad SMARTS) is 1. The molecule has 2 amide bonds. The minimum atomic E-state index is -0.872. The van der Waals surface area contributed by atoms with Crippen molar-refractivity contribution >= 4 is 17.8 Å². The van der Waals surface area contributed by atoms with Gasteiger partial charge in [0, 0.05) is 19.3 Å². The third-order valence-electron chi connectivity index (χ3n) is 3.39. The molecule has 0 unspecified atom stereocenters. The van der Waals surface area contributed by atoms with E-state index in [1.807, 2.05) is 0 Å². The first-order valence-corrected chi connectivity index (χ1v) is 5.13. The Morgan fingerprint density at radius 3 is 2.27 bits per heavy atom. The number of nitrogens with zero attached hydrogens (tertiary/aromatic N) is 1. The summed E-state index contributed by atoms with van der Waals surface area (Å²) >= 11 is 0. The minimum Gasteiger partial charge on any atom is -0.481 e. The van der Waals surface area contributed by atoms with E-state index in [1.54, 1.807) is 0 Å². The van der Waals surface area contributed by atoms with Gasteiger partial charge in [0.05, 0.1) is 5.54 Å². The summed E-state index contributed by atoms with van der Waals surface area (Å²) in [7, 11) is 0. The highest BCUT2D eigenvalue weighted by atomic mass is 16.4. The predicted octanol–water partition coefficient (Wildman–Crippen LogP) is 0.533. The second-order valence-corrected chi connectivity index (χ2v) is 4.24. The highest BCUT2D eigenvalue weighted by Gasteiger charge is 2.52. The lowest BCUT2D eigenvalue weighted by molar-refractivity contribution is -0.145. The predicted molar refractivity (Wildman–Crippen MR) is 49.9 cm³/mol. The van der Waals surface area contributed by atoms with Gasteiger partial charge in [-0.2, -0.15) is 0 Å². The summed E-state index contributed by atoms with van der Waals surface area (Å²) in [5.74, 6) is -1.14. The number of hydrogen-bond donors (Lipinski definition) is 1. The van der Waals surface area contributed by atoms with Crippen molar-refractivity contribution in [3.8, 4) is 0 Å². The molecule has 5 heteroatoms. The van der Waals surface area contributed by atoms with Crippen LogP contribution in [-0.4, -0.2) is 33.3 Å². The van der Waals surface area contributed by atoms with Crippen LogP contribution in [0.1, 0.15) is 38.5 Å². The molecule has 2 saturated heterocycles. The average Bonchev–Trinajstić information content (AvgIpc) is 2.66. The summed E-state index contributed by atoms with van der Waals surface area (Å²) in [6.45, 7) is 0. The van der Waals surface area contributed by atoms with Gasteiger partial charge in [0.15, 0.2) is 0 Å². The first kappa shape index (κ1) is 10.1. The normalized spacial score (nSPS) is 23.3. The maximum absolute atomic E-state index is 11.5. The van der Waals surface area contributed by atoms with E-state index in [2.05, 4.69) is 0 Å². The number of carbonyl (C=O) groups is 3. The molecule has 0 aromatic heterocycles. The van der Waals surface area contributed by atoms with Gasteiger partial charge in [0.2, 0.25) is 11.8 Å². The summed E-state index contributed by atoms with van der Waals surface area (Å²) in [6, 6.07) is 0. The van der Waals surface area contributed by atoms with Gasteiger partial charge in [0.1, 0.15) is 0 Å². The van der Waals surface area contributed by atoms with Crippen LogP contribution in [0.4, 0.5) is 0 Å². The van der Waals surface area contributed by atoms with E-state index in [0.717, 1.165) is 0 Å². The molecule has 0 spiro atoms. The van der Waals surface area contributed by atoms with Gasteiger partial charge in [0.25, 0.3) is 0 Å². The van der Waals surface area contributed by atoms with Gasteiger partial charge in [-0.05, 0) is 19.3 Å². The van der Waals surface area contributed by atoms with Gasteiger partial charge < -0.3 is 5.11 Å². The first-order valence-electron chi connectivity index (χ1n) is 5.13. The molecule has 0 aromatic rings. The molecule has 0 aromatic carbocycles. The SMILES string of the molecule is O=C(O)CCC12CCC(=O)N1C(=O)CC2. The minimum absolute atomic E-state index is 0.0249. The van der Waals surface area contributed by atoms with Crippen LogP contribution >= 0.6 is 0 Å². The number of carboxylic acids is 1. The lowest BCUT2D eigenvalue weighted by Gasteiger charge is -2.29. The number of rotatable bonds is 3. The van der Waals surface area contributed by atoms with Gasteiger partial charge in [-0.15, -0.1) is 0 Å². The van der Waals surface area contributed by atoms with Gasteiger partial charge in [-0.1, -0.05) is 0 Å². The van der Waals surface area contributed by atoms with E-state index in [4.69, 9.17) is 5.11 Å². The van der Waals surface area contributed by atoms with E-state index >= 15 is 0 Å². The lowest BCUT2D eigenvalue weighted by Crippen LogP contribution is -2.42. The number of fused-ring (bicyclic) bond motifs is 1. The number of carbonyl (C=O) groups excluding carboxylic acids is 2. The van der Waals surface area contributed by atoms with Crippen LogP contribution in [0, 0.1) is 0 Å². The zero-order valence-corrected chi connectivity index (χ0v) is 8.36. The van der Waals surface area contributed by atoms with Crippen LogP contribution in [-0.2, 0) is 14.4 Å². The molecule has 5 nitrogen and oxygen atoms in total. The largest absolute Gasteiger partial charge is 0.481 e. The quantitative estimate of drug-likeness (QED) is 0.691. The molecular weight excluding hydrogens is 198 g/mol. The van der Waals surface area contributed by atoms with E-state index in [1.165, 1.54) is 4.90 Å². The van der Waals surface area contributed by atoms with Gasteiger partial charge in [-0.3, -0.25) is 19.3 Å². The molecule has 2 aliphatic heterocycles. The summed E-state index contributed by atoms with van der Waals surface area (Å²) in [5, 5.41) is 8.63. The van der Waals surface area contributed by atoms with Crippen LogP contribution in [0.25, 0.3) is 0 Å². The van der Waals surface area contributed by atoms with E-state index in [-0.39, 0.29) is 18.2 Å². The van der Waals surface area contributed by atoms with Crippen molar-refractivity contribution in [2.75, 3.05) is 0 Å². The molecule has 2 heterocycles. The Hall–Kier alpha value is -1.39. The fraction of sp³-hybridized carbons (Fsp3) is 0.700. The number of imide groups is 1. The fourth-order valence-corrected chi connectivity index (χ4v) is 2.62. The van der Waals surface area contributed by atoms with Crippen LogP contribution in [0.15, 0.2) is 0 Å². The van der Waals surface area contributed by atoms with Crippen LogP contribution in [0.2, 0.25) is 0 Å². The first-order chi connectivity index (χ1) is 7.05. The van der Waals surface area contributed by atoms with Crippen molar-refractivity contribution in [3.05, 3.63) is 0 Å². The zero-order valence-electron chi connectivity index (χ0n) is 8.36. The lowest BCUT2D eigenvalue weighted by atomic mass is 9.89. The van der Waals surface area contributed by atoms with Gasteiger partial charge >= 0.3 is 5.97 Å². The van der Waals surface area contributed by atoms with Gasteiger partial charge in [-0.25, -0.2) is 0 Å². The summed E-state index contributed by atoms with van der Waals surface area (Å²) in [6.07, 6.45) is 2.45. The van der Waals surface area contributed by atoms with Crippen molar-refractivity contribution in [2.45, 2.75) is 44.1 Å². The monoisotopic (exact) mass is 211 g/mol. The molecule has 0 radical (unpaired) electrons. The third kappa shape index (κ3) is 1.52. The fourth-order valence-electron chi connectivity index (χ4n) is 2.62. The average molecular weight is 211 g/mol. The Labute approximate surface area is 87.1 Å². The summed E-state index contributed by atoms with van der Waals surface area (Å²) < 4.78 is 0. The topological polar surface area (TPSA) is 74.7 Å². The highest BCUT2D eigenvalue weighted by Crippen LogP contribution is 2.43. The molecule has 2 aliphatic rings. The van der Waals surface area contributed by atoms with E-state index in [0.29, 0.717) is 32.1 Å². The van der Waals surface area contributed by atoms with E-state index in [9.17, 15) is 14.4 Å². The molecule has 0 bridgehead atoms. The molecule has 15 heavy (non-hydrogen) atoms. The van der Waals surface area contributed by atoms with Crippen molar-refractivity contribution in [3.63, 3.8) is 0 Å². The zero-order chi connectivity index (χ0) is 11.1. The standard InChI is InChI=1S/C10H13NO4/c12-7-1-4-10(6-3-9(14)15)5-2-8(13)11(7)10/h1-6H2,(H,14,15). The molecule has 2 rings (SSSR count). The van der Waals surface area contributed by atoms with Crippen LogP contribution < -0.4 is 0 Å². The molecule has 0 aliphatic carbocycles. The third-order valence-corrected chi connectivity index (χ3v) is 3.39. The Morgan fingerprint density at radius 2 is 1.80 bits per heavy atom. The number of aliphatic carboxylic acids is 1. The second-order valence-electron chi connectivity index (χ2n) is 4.24. The molecule has 2 fully saturated rings. The maximum Gasteiger partial charge on any atom is 0.303 e. The van der Waals surface area contributed by atoms with Crippen LogP contribution in [0.3, 0.4) is 0 Å². The molecule has 1 N–H and O–H groups in total. The Bertz CT molecular complexity index is 316. The summed E-state index contributed by atoms with van der Waals surface area (Å²) in [5.41, 5.74) is -0.466. The Kier molecular flexibility index (Phi) is 2.25. The van der Waals surface area contributed by atoms with Crippen molar-refractivity contribution in [2.24, 2.45) is 0 Å². The van der Waals surface area contributed by atoms with Crippen molar-refractivity contribution < 1.29 is 19.5 Å². The highest BCUT2D eigenvalue weighted by molar-refractivity contribution is 5.99. The van der Waals surface area contributed by atoms with Crippen molar-refractivity contribution in [1.82, 2.24) is 4.90 Å². The number of amides is 2. The smallest absolute Gasteiger partial charge is 0.303 e.